The number of phenols is 1. The molecule has 0 fully saturated rings. The number of para-hydroxylation sites is 1. The zero-order valence-corrected chi connectivity index (χ0v) is 13.7. The van der Waals surface area contributed by atoms with Crippen LogP contribution in [0.2, 0.25) is 5.28 Å². The largest absolute Gasteiger partial charge is 0.508 e. The van der Waals surface area contributed by atoms with Gasteiger partial charge in [-0.05, 0) is 48.0 Å². The lowest BCUT2D eigenvalue weighted by Gasteiger charge is -2.05. The summed E-state index contributed by atoms with van der Waals surface area (Å²) in [7, 11) is 0. The summed E-state index contributed by atoms with van der Waals surface area (Å²) in [6.07, 6.45) is 0. The molecule has 0 unspecified atom stereocenters. The molecule has 4 aromatic rings. The first-order valence-electron chi connectivity index (χ1n) is 7.01. The van der Waals surface area contributed by atoms with Gasteiger partial charge in [-0.3, -0.25) is 0 Å². The quantitative estimate of drug-likeness (QED) is 0.534. The van der Waals surface area contributed by atoms with Gasteiger partial charge in [-0.1, -0.05) is 23.5 Å². The zero-order valence-electron chi connectivity index (χ0n) is 12.1. The van der Waals surface area contributed by atoms with Gasteiger partial charge in [0.15, 0.2) is 0 Å². The van der Waals surface area contributed by atoms with Gasteiger partial charge >= 0.3 is 0 Å². The first-order valence-corrected chi connectivity index (χ1v) is 8.21. The topological polar surface area (TPSA) is 83.8 Å². The maximum Gasteiger partial charge on any atom is 0.224 e. The van der Waals surface area contributed by atoms with Crippen molar-refractivity contribution in [3.05, 3.63) is 53.8 Å². The van der Waals surface area contributed by atoms with Crippen molar-refractivity contribution in [1.29, 1.82) is 0 Å². The lowest BCUT2D eigenvalue weighted by Crippen LogP contribution is -1.96. The molecule has 0 radical (unpaired) electrons. The van der Waals surface area contributed by atoms with Crippen LogP contribution < -0.4 is 5.32 Å². The Morgan fingerprint density at radius 2 is 1.75 bits per heavy atom. The number of fused-ring (bicyclic) bond motifs is 1. The Hall–Kier alpha value is -2.77. The number of hydrogen-bond donors (Lipinski definition) is 2. The summed E-state index contributed by atoms with van der Waals surface area (Å²) in [4.78, 5) is 8.44. The Bertz CT molecular complexity index is 1020. The van der Waals surface area contributed by atoms with Crippen molar-refractivity contribution in [3.8, 4) is 16.3 Å². The monoisotopic (exact) mass is 355 g/mol. The summed E-state index contributed by atoms with van der Waals surface area (Å²) < 4.78 is 0. The Balaban J connectivity index is 1.68. The van der Waals surface area contributed by atoms with Crippen molar-refractivity contribution in [3.63, 3.8) is 0 Å². The predicted octanol–water partition coefficient (Wildman–Crippen LogP) is 4.25. The second-order valence-electron chi connectivity index (χ2n) is 4.94. The molecule has 4 rings (SSSR count). The van der Waals surface area contributed by atoms with Crippen LogP contribution in [0.25, 0.3) is 21.5 Å². The van der Waals surface area contributed by atoms with Crippen molar-refractivity contribution in [2.45, 2.75) is 0 Å². The fourth-order valence-corrected chi connectivity index (χ4v) is 3.16. The van der Waals surface area contributed by atoms with E-state index in [4.69, 9.17) is 11.6 Å². The second kappa shape index (κ2) is 6.03. The van der Waals surface area contributed by atoms with Crippen molar-refractivity contribution in [1.82, 2.24) is 20.2 Å². The average Bonchev–Trinajstić information content (AvgIpc) is 3.04. The van der Waals surface area contributed by atoms with Gasteiger partial charge in [0.2, 0.25) is 10.4 Å². The van der Waals surface area contributed by atoms with Crippen LogP contribution in [0.1, 0.15) is 0 Å². The molecule has 0 atom stereocenters. The van der Waals surface area contributed by atoms with Crippen molar-refractivity contribution < 1.29 is 5.11 Å². The van der Waals surface area contributed by atoms with Crippen LogP contribution >= 0.6 is 22.9 Å². The van der Waals surface area contributed by atoms with Crippen LogP contribution in [0.15, 0.2) is 48.5 Å². The second-order valence-corrected chi connectivity index (χ2v) is 6.26. The SMILES string of the molecule is Oc1ccc(-c2nnc(Nc3nc(Cl)nc4ccccc34)s2)cc1. The first-order chi connectivity index (χ1) is 11.7. The molecule has 2 aromatic heterocycles. The molecular weight excluding hydrogens is 346 g/mol. The molecule has 24 heavy (non-hydrogen) atoms. The van der Waals surface area contributed by atoms with E-state index in [1.165, 1.54) is 11.3 Å². The summed E-state index contributed by atoms with van der Waals surface area (Å²) >= 11 is 7.37. The summed E-state index contributed by atoms with van der Waals surface area (Å²) in [6, 6.07) is 14.4. The van der Waals surface area contributed by atoms with E-state index in [2.05, 4.69) is 25.5 Å². The van der Waals surface area contributed by atoms with Crippen molar-refractivity contribution in [2.24, 2.45) is 0 Å². The molecule has 8 heteroatoms. The van der Waals surface area contributed by atoms with Crippen molar-refractivity contribution in [2.75, 3.05) is 5.32 Å². The van der Waals surface area contributed by atoms with Crippen LogP contribution in [-0.4, -0.2) is 25.3 Å². The number of aromatic nitrogens is 4. The third kappa shape index (κ3) is 2.86. The van der Waals surface area contributed by atoms with Crippen LogP contribution in [0.4, 0.5) is 10.9 Å². The van der Waals surface area contributed by atoms with Gasteiger partial charge in [-0.2, -0.15) is 4.98 Å². The van der Waals surface area contributed by atoms with E-state index in [-0.39, 0.29) is 11.0 Å². The number of nitrogens with zero attached hydrogens (tertiary/aromatic N) is 4. The van der Waals surface area contributed by atoms with Crippen molar-refractivity contribution >= 4 is 44.8 Å². The molecule has 0 spiro atoms. The predicted molar refractivity (Wildman–Crippen MR) is 94.8 cm³/mol. The molecule has 2 aromatic carbocycles. The average molecular weight is 356 g/mol. The molecule has 0 aliphatic rings. The van der Waals surface area contributed by atoms with Gasteiger partial charge in [0.1, 0.15) is 16.6 Å². The number of hydrogen-bond acceptors (Lipinski definition) is 7. The van der Waals surface area contributed by atoms with Gasteiger partial charge in [-0.25, -0.2) is 4.98 Å². The normalized spacial score (nSPS) is 10.9. The highest BCUT2D eigenvalue weighted by molar-refractivity contribution is 7.18. The summed E-state index contributed by atoms with van der Waals surface area (Å²) in [5.74, 6) is 0.794. The Kier molecular flexibility index (Phi) is 3.72. The molecule has 6 nitrogen and oxygen atoms in total. The molecule has 0 aliphatic carbocycles. The molecular formula is C16H10ClN5OS. The number of rotatable bonds is 3. The summed E-state index contributed by atoms with van der Waals surface area (Å²) in [5, 5.41) is 23.2. The minimum Gasteiger partial charge on any atom is -0.508 e. The molecule has 0 aliphatic heterocycles. The summed E-state index contributed by atoms with van der Waals surface area (Å²) in [5.41, 5.74) is 1.63. The summed E-state index contributed by atoms with van der Waals surface area (Å²) in [6.45, 7) is 0. The lowest BCUT2D eigenvalue weighted by molar-refractivity contribution is 0.475. The van der Waals surface area contributed by atoms with Crippen LogP contribution in [0.5, 0.6) is 5.75 Å². The highest BCUT2D eigenvalue weighted by atomic mass is 35.5. The number of halogens is 1. The third-order valence-electron chi connectivity index (χ3n) is 3.34. The number of nitrogens with one attached hydrogen (secondary N) is 1. The van der Waals surface area contributed by atoms with E-state index in [1.807, 2.05) is 24.3 Å². The van der Waals surface area contributed by atoms with Gasteiger partial charge < -0.3 is 10.4 Å². The Morgan fingerprint density at radius 3 is 2.58 bits per heavy atom. The number of benzene rings is 2. The molecule has 2 heterocycles. The minimum atomic E-state index is 0.166. The fourth-order valence-electron chi connectivity index (χ4n) is 2.24. The van der Waals surface area contributed by atoms with Gasteiger partial charge in [0.25, 0.3) is 0 Å². The van der Waals surface area contributed by atoms with E-state index in [0.717, 1.165) is 21.5 Å². The lowest BCUT2D eigenvalue weighted by atomic mass is 10.2. The van der Waals surface area contributed by atoms with Crippen LogP contribution in [-0.2, 0) is 0 Å². The molecule has 0 amide bonds. The first kappa shape index (κ1) is 14.8. The van der Waals surface area contributed by atoms with Crippen LogP contribution in [0, 0.1) is 0 Å². The van der Waals surface area contributed by atoms with Gasteiger partial charge in [0, 0.05) is 10.9 Å². The highest BCUT2D eigenvalue weighted by Crippen LogP contribution is 2.31. The minimum absolute atomic E-state index is 0.166. The van der Waals surface area contributed by atoms with E-state index < -0.39 is 0 Å². The standard InChI is InChI=1S/C16H10ClN5OS/c17-15-18-12-4-2-1-3-11(12)13(19-15)20-16-22-21-14(24-16)9-5-7-10(23)8-6-9/h1-8,23H,(H,18,19,20,22). The van der Waals surface area contributed by atoms with Crippen LogP contribution in [0.3, 0.4) is 0 Å². The zero-order chi connectivity index (χ0) is 16.5. The molecule has 0 saturated carbocycles. The number of anilines is 2. The third-order valence-corrected chi connectivity index (χ3v) is 4.40. The molecule has 0 saturated heterocycles. The van der Waals surface area contributed by atoms with E-state index in [1.54, 1.807) is 24.3 Å². The number of phenolic OH excluding ortho intramolecular Hbond substituents is 1. The Morgan fingerprint density at radius 1 is 0.958 bits per heavy atom. The number of aromatic hydroxyl groups is 1. The maximum atomic E-state index is 9.36. The smallest absolute Gasteiger partial charge is 0.224 e. The van der Waals surface area contributed by atoms with E-state index in [0.29, 0.717) is 10.9 Å². The molecule has 0 bridgehead atoms. The Labute approximate surface area is 145 Å². The highest BCUT2D eigenvalue weighted by Gasteiger charge is 2.11. The molecule has 118 valence electrons. The molecule has 2 N–H and O–H groups in total. The van der Waals surface area contributed by atoms with Gasteiger partial charge in [-0.15, -0.1) is 10.2 Å². The maximum absolute atomic E-state index is 9.36. The van der Waals surface area contributed by atoms with E-state index in [9.17, 15) is 5.11 Å². The van der Waals surface area contributed by atoms with E-state index >= 15 is 0 Å². The fraction of sp³-hybridized carbons (Fsp3) is 0. The van der Waals surface area contributed by atoms with Gasteiger partial charge in [0.05, 0.1) is 5.52 Å².